The highest BCUT2D eigenvalue weighted by molar-refractivity contribution is 5.92. The third kappa shape index (κ3) is 3.07. The molecule has 112 valence electrons. The Morgan fingerprint density at radius 3 is 2.76 bits per heavy atom. The number of carbonyl (C=O) groups is 2. The van der Waals surface area contributed by atoms with Crippen molar-refractivity contribution in [3.05, 3.63) is 34.1 Å². The van der Waals surface area contributed by atoms with Gasteiger partial charge in [-0.05, 0) is 18.9 Å². The molecule has 1 unspecified atom stereocenters. The molecule has 9 heteroatoms. The van der Waals surface area contributed by atoms with Crippen LogP contribution in [-0.2, 0) is 4.79 Å². The number of non-ortho nitro benzene ring substituents is 1. The van der Waals surface area contributed by atoms with Crippen LogP contribution < -0.4 is 5.32 Å². The van der Waals surface area contributed by atoms with E-state index in [4.69, 9.17) is 5.11 Å². The molecular formula is C12H12FN3O5. The average Bonchev–Trinajstić information content (AvgIpc) is 2.90. The zero-order valence-electron chi connectivity index (χ0n) is 10.8. The summed E-state index contributed by atoms with van der Waals surface area (Å²) in [6.45, 7) is 0.261. The molecule has 1 aromatic rings. The number of hydrogen-bond donors (Lipinski definition) is 2. The minimum Gasteiger partial charge on any atom is -0.480 e. The molecule has 0 aromatic heterocycles. The number of anilines is 1. The molecule has 8 nitrogen and oxygen atoms in total. The van der Waals surface area contributed by atoms with Crippen LogP contribution in [0.1, 0.15) is 12.8 Å². The molecule has 1 fully saturated rings. The van der Waals surface area contributed by atoms with Gasteiger partial charge >= 0.3 is 12.0 Å². The Labute approximate surface area is 118 Å². The lowest BCUT2D eigenvalue weighted by atomic mass is 10.2. The summed E-state index contributed by atoms with van der Waals surface area (Å²) in [7, 11) is 0. The maximum atomic E-state index is 13.7. The maximum Gasteiger partial charge on any atom is 0.326 e. The Hall–Kier alpha value is -2.71. The fraction of sp³-hybridized carbons (Fsp3) is 0.333. The number of carboxylic acids is 1. The van der Waals surface area contributed by atoms with Crippen LogP contribution >= 0.6 is 0 Å². The lowest BCUT2D eigenvalue weighted by molar-refractivity contribution is -0.385. The van der Waals surface area contributed by atoms with Crippen LogP contribution in [0.15, 0.2) is 18.2 Å². The minimum atomic E-state index is -1.12. The van der Waals surface area contributed by atoms with E-state index in [1.54, 1.807) is 0 Å². The number of nitrogens with one attached hydrogen (secondary N) is 1. The summed E-state index contributed by atoms with van der Waals surface area (Å²) in [6.07, 6.45) is 0.888. The molecule has 0 bridgehead atoms. The van der Waals surface area contributed by atoms with E-state index in [0.717, 1.165) is 17.0 Å². The number of halogens is 1. The molecule has 0 saturated carbocycles. The van der Waals surface area contributed by atoms with Gasteiger partial charge in [-0.2, -0.15) is 0 Å². The number of likely N-dealkylation sites (tertiary alicyclic amines) is 1. The summed E-state index contributed by atoms with van der Waals surface area (Å²) in [4.78, 5) is 33.8. The monoisotopic (exact) mass is 297 g/mol. The van der Waals surface area contributed by atoms with E-state index in [2.05, 4.69) is 5.32 Å². The van der Waals surface area contributed by atoms with Gasteiger partial charge in [0.05, 0.1) is 16.7 Å². The molecule has 2 N–H and O–H groups in total. The molecule has 1 aliphatic rings. The third-order valence-corrected chi connectivity index (χ3v) is 3.20. The van der Waals surface area contributed by atoms with Gasteiger partial charge in [-0.1, -0.05) is 0 Å². The van der Waals surface area contributed by atoms with Gasteiger partial charge in [-0.25, -0.2) is 14.0 Å². The highest BCUT2D eigenvalue weighted by Gasteiger charge is 2.34. The molecule has 1 aromatic carbocycles. The van der Waals surface area contributed by atoms with Crippen LogP contribution in [0.25, 0.3) is 0 Å². The van der Waals surface area contributed by atoms with Crippen LogP contribution in [0.2, 0.25) is 0 Å². The van der Waals surface area contributed by atoms with Crippen molar-refractivity contribution in [2.45, 2.75) is 18.9 Å². The molecule has 1 heterocycles. The molecule has 2 amide bonds. The predicted octanol–water partition coefficient (Wildman–Crippen LogP) is 1.81. The zero-order valence-corrected chi connectivity index (χ0v) is 10.8. The van der Waals surface area contributed by atoms with Gasteiger partial charge in [0.15, 0.2) is 5.82 Å². The Bertz CT molecular complexity index is 607. The standard InChI is InChI=1S/C12H12FN3O5/c13-8-6-7(16(20)21)3-4-9(8)14-12(19)15-5-1-2-10(15)11(17)18/h3-4,6,10H,1-2,5H2,(H,14,19)(H,17,18). The van der Waals surface area contributed by atoms with Crippen molar-refractivity contribution >= 4 is 23.4 Å². The van der Waals surface area contributed by atoms with Gasteiger partial charge in [0.2, 0.25) is 0 Å². The number of hydrogen-bond acceptors (Lipinski definition) is 4. The van der Waals surface area contributed by atoms with Gasteiger partial charge in [0, 0.05) is 12.6 Å². The molecule has 21 heavy (non-hydrogen) atoms. The van der Waals surface area contributed by atoms with Crippen LogP contribution in [0.3, 0.4) is 0 Å². The molecule has 0 spiro atoms. The van der Waals surface area contributed by atoms with Gasteiger partial charge in [-0.15, -0.1) is 0 Å². The fourth-order valence-electron chi connectivity index (χ4n) is 2.17. The number of rotatable bonds is 3. The molecule has 2 rings (SSSR count). The van der Waals surface area contributed by atoms with Gasteiger partial charge in [0.1, 0.15) is 6.04 Å². The van der Waals surface area contributed by atoms with E-state index >= 15 is 0 Å². The summed E-state index contributed by atoms with van der Waals surface area (Å²) in [5, 5.41) is 21.7. The summed E-state index contributed by atoms with van der Waals surface area (Å²) in [5.74, 6) is -2.07. The van der Waals surface area contributed by atoms with Crippen molar-refractivity contribution in [1.82, 2.24) is 4.90 Å². The smallest absolute Gasteiger partial charge is 0.326 e. The van der Waals surface area contributed by atoms with E-state index in [9.17, 15) is 24.1 Å². The Morgan fingerprint density at radius 1 is 1.48 bits per heavy atom. The first-order chi connectivity index (χ1) is 9.90. The second-order valence-electron chi connectivity index (χ2n) is 4.54. The Kier molecular flexibility index (Phi) is 4.01. The largest absolute Gasteiger partial charge is 0.480 e. The van der Waals surface area contributed by atoms with E-state index < -0.39 is 34.5 Å². The minimum absolute atomic E-state index is 0.235. The first-order valence-corrected chi connectivity index (χ1v) is 6.14. The van der Waals surface area contributed by atoms with Crippen molar-refractivity contribution in [3.8, 4) is 0 Å². The van der Waals surface area contributed by atoms with Gasteiger partial charge in [0.25, 0.3) is 5.69 Å². The Balaban J connectivity index is 2.13. The molecule has 0 radical (unpaired) electrons. The average molecular weight is 297 g/mol. The predicted molar refractivity (Wildman–Crippen MR) is 69.4 cm³/mol. The topological polar surface area (TPSA) is 113 Å². The van der Waals surface area contributed by atoms with Crippen molar-refractivity contribution in [2.75, 3.05) is 11.9 Å². The van der Waals surface area contributed by atoms with Crippen LogP contribution in [0.4, 0.5) is 20.6 Å². The molecule has 0 aliphatic carbocycles. The number of carboxylic acid groups (broad SMARTS) is 1. The number of carbonyl (C=O) groups excluding carboxylic acids is 1. The fourth-order valence-corrected chi connectivity index (χ4v) is 2.17. The van der Waals surface area contributed by atoms with E-state index in [0.29, 0.717) is 18.9 Å². The normalized spacial score (nSPS) is 17.6. The molecule has 1 aliphatic heterocycles. The number of benzene rings is 1. The van der Waals surface area contributed by atoms with Crippen LogP contribution in [0, 0.1) is 15.9 Å². The number of nitro groups is 1. The van der Waals surface area contributed by atoms with Crippen molar-refractivity contribution < 1.29 is 24.0 Å². The number of aliphatic carboxylic acids is 1. The van der Waals surface area contributed by atoms with Crippen LogP contribution in [-0.4, -0.2) is 39.5 Å². The van der Waals surface area contributed by atoms with Gasteiger partial charge < -0.3 is 15.3 Å². The summed E-state index contributed by atoms with van der Waals surface area (Å²) < 4.78 is 13.7. The summed E-state index contributed by atoms with van der Waals surface area (Å²) in [6, 6.07) is 1.13. The lowest BCUT2D eigenvalue weighted by Crippen LogP contribution is -2.42. The van der Waals surface area contributed by atoms with E-state index in [1.807, 2.05) is 0 Å². The molecule has 1 saturated heterocycles. The third-order valence-electron chi connectivity index (χ3n) is 3.20. The summed E-state index contributed by atoms with van der Waals surface area (Å²) >= 11 is 0. The second-order valence-corrected chi connectivity index (χ2v) is 4.54. The number of amides is 2. The van der Waals surface area contributed by atoms with Crippen LogP contribution in [0.5, 0.6) is 0 Å². The van der Waals surface area contributed by atoms with Crippen molar-refractivity contribution in [3.63, 3.8) is 0 Å². The maximum absolute atomic E-state index is 13.7. The highest BCUT2D eigenvalue weighted by atomic mass is 19.1. The number of nitro benzene ring substituents is 1. The van der Waals surface area contributed by atoms with E-state index in [1.165, 1.54) is 0 Å². The SMILES string of the molecule is O=C(O)C1CCCN1C(=O)Nc1ccc([N+](=O)[O-])cc1F. The molecule has 1 atom stereocenters. The lowest BCUT2D eigenvalue weighted by Gasteiger charge is -2.21. The zero-order chi connectivity index (χ0) is 15.6. The first-order valence-electron chi connectivity index (χ1n) is 6.14. The quantitative estimate of drug-likeness (QED) is 0.652. The highest BCUT2D eigenvalue weighted by Crippen LogP contribution is 2.23. The second kappa shape index (κ2) is 5.73. The van der Waals surface area contributed by atoms with Gasteiger partial charge in [-0.3, -0.25) is 10.1 Å². The van der Waals surface area contributed by atoms with E-state index in [-0.39, 0.29) is 12.2 Å². The summed E-state index contributed by atoms with van der Waals surface area (Å²) in [5.41, 5.74) is -0.670. The number of nitrogens with zero attached hydrogens (tertiary/aromatic N) is 2. The van der Waals surface area contributed by atoms with Crippen molar-refractivity contribution in [2.24, 2.45) is 0 Å². The molecular weight excluding hydrogens is 285 g/mol. The van der Waals surface area contributed by atoms with Crippen molar-refractivity contribution in [1.29, 1.82) is 0 Å². The first kappa shape index (κ1) is 14.7. The number of urea groups is 1. The Morgan fingerprint density at radius 2 is 2.19 bits per heavy atom.